The topological polar surface area (TPSA) is 43.1 Å². The van der Waals surface area contributed by atoms with E-state index in [-0.39, 0.29) is 11.0 Å². The fourth-order valence-electron chi connectivity index (χ4n) is 2.25. The van der Waals surface area contributed by atoms with E-state index < -0.39 is 0 Å². The van der Waals surface area contributed by atoms with E-state index in [9.17, 15) is 4.79 Å². The van der Waals surface area contributed by atoms with Gasteiger partial charge in [0.2, 0.25) is 0 Å². The lowest BCUT2D eigenvalue weighted by Gasteiger charge is -2.32. The molecule has 0 aliphatic rings. The summed E-state index contributed by atoms with van der Waals surface area (Å²) in [5, 5.41) is 0. The molecule has 0 aromatic heterocycles. The fraction of sp³-hybridized carbons (Fsp3) is 0.500. The van der Waals surface area contributed by atoms with Crippen LogP contribution >= 0.6 is 0 Å². The number of hydrogen-bond acceptors (Lipinski definition) is 2. The molecule has 0 aliphatic carbocycles. The van der Waals surface area contributed by atoms with Crippen LogP contribution in [0.3, 0.4) is 0 Å². The van der Waals surface area contributed by atoms with Crippen LogP contribution in [0, 0.1) is 0 Å². The highest BCUT2D eigenvalue weighted by Gasteiger charge is 2.27. The van der Waals surface area contributed by atoms with Crippen molar-refractivity contribution in [2.75, 3.05) is 0 Å². The van der Waals surface area contributed by atoms with Crippen LogP contribution < -0.4 is 5.73 Å². The first-order valence-corrected chi connectivity index (χ1v) is 5.59. The third kappa shape index (κ3) is 3.46. The Hall–Kier alpha value is -1.15. The molecule has 0 bridgehead atoms. The van der Waals surface area contributed by atoms with Gasteiger partial charge in [0.15, 0.2) is 0 Å². The lowest BCUT2D eigenvalue weighted by Crippen LogP contribution is -2.39. The van der Waals surface area contributed by atoms with Crippen molar-refractivity contribution >= 4 is 6.29 Å². The summed E-state index contributed by atoms with van der Waals surface area (Å²) in [5.41, 5.74) is 7.83. The first-order valence-electron chi connectivity index (χ1n) is 5.59. The molecule has 16 heavy (non-hydrogen) atoms. The van der Waals surface area contributed by atoms with Gasteiger partial charge in [-0.25, -0.2) is 0 Å². The van der Waals surface area contributed by atoms with Crippen molar-refractivity contribution in [1.82, 2.24) is 0 Å². The van der Waals surface area contributed by atoms with E-state index in [1.165, 1.54) is 5.56 Å². The third-order valence-electron chi connectivity index (χ3n) is 2.73. The quantitative estimate of drug-likeness (QED) is 0.791. The molecule has 0 saturated carbocycles. The van der Waals surface area contributed by atoms with E-state index in [0.717, 1.165) is 12.7 Å². The molecule has 0 saturated heterocycles. The van der Waals surface area contributed by atoms with Crippen LogP contribution in [-0.4, -0.2) is 11.8 Å². The maximum absolute atomic E-state index is 10.6. The molecule has 0 spiro atoms. The Balaban J connectivity index is 2.93. The molecule has 0 aliphatic heterocycles. The Labute approximate surface area is 97.9 Å². The van der Waals surface area contributed by atoms with Crippen LogP contribution in [0.4, 0.5) is 0 Å². The van der Waals surface area contributed by atoms with Crippen molar-refractivity contribution in [2.45, 2.75) is 45.1 Å². The third-order valence-corrected chi connectivity index (χ3v) is 2.73. The fourth-order valence-corrected chi connectivity index (χ4v) is 2.25. The van der Waals surface area contributed by atoms with Gasteiger partial charge in [-0.05, 0) is 31.2 Å². The highest BCUT2D eigenvalue weighted by atomic mass is 16.1. The molecule has 0 radical (unpaired) electrons. The largest absolute Gasteiger partial charge is 0.326 e. The average molecular weight is 219 g/mol. The number of carbonyl (C=O) groups excluding carboxylic acids is 1. The van der Waals surface area contributed by atoms with E-state index in [0.29, 0.717) is 5.56 Å². The van der Waals surface area contributed by atoms with Crippen LogP contribution in [0.1, 0.15) is 50.0 Å². The van der Waals surface area contributed by atoms with E-state index in [1.54, 1.807) is 0 Å². The molecule has 0 atom stereocenters. The van der Waals surface area contributed by atoms with E-state index in [1.807, 2.05) is 38.1 Å². The Morgan fingerprint density at radius 2 is 1.62 bits per heavy atom. The minimum absolute atomic E-state index is 0.0274. The van der Waals surface area contributed by atoms with Crippen molar-refractivity contribution in [1.29, 1.82) is 0 Å². The highest BCUT2D eigenvalue weighted by molar-refractivity contribution is 5.74. The average Bonchev–Trinajstić information content (AvgIpc) is 2.14. The number of benzene rings is 1. The standard InChI is InChI=1S/C14H21NO/c1-13(2,10-14(3,4)15)12-7-5-11(9-16)6-8-12/h5-9H,10,15H2,1-4H3. The lowest BCUT2D eigenvalue weighted by atomic mass is 9.75. The van der Waals surface area contributed by atoms with Crippen LogP contribution in [0.15, 0.2) is 24.3 Å². The second-order valence-electron chi connectivity index (χ2n) is 5.79. The summed E-state index contributed by atoms with van der Waals surface area (Å²) in [7, 11) is 0. The molecule has 0 fully saturated rings. The van der Waals surface area contributed by atoms with Crippen molar-refractivity contribution in [3.05, 3.63) is 35.4 Å². The minimum atomic E-state index is -0.188. The number of nitrogens with two attached hydrogens (primary N) is 1. The van der Waals surface area contributed by atoms with Crippen molar-refractivity contribution in [2.24, 2.45) is 5.73 Å². The molecule has 0 amide bonds. The summed E-state index contributed by atoms with van der Waals surface area (Å²) in [6.45, 7) is 8.43. The molecule has 1 aromatic rings. The first kappa shape index (κ1) is 12.9. The summed E-state index contributed by atoms with van der Waals surface area (Å²) >= 11 is 0. The lowest BCUT2D eigenvalue weighted by molar-refractivity contribution is 0.112. The van der Waals surface area contributed by atoms with Crippen LogP contribution in [-0.2, 0) is 5.41 Å². The summed E-state index contributed by atoms with van der Waals surface area (Å²) in [5.74, 6) is 0. The molecule has 2 heteroatoms. The van der Waals surface area contributed by atoms with Gasteiger partial charge in [-0.3, -0.25) is 4.79 Å². The van der Waals surface area contributed by atoms with Gasteiger partial charge < -0.3 is 5.73 Å². The zero-order valence-electron chi connectivity index (χ0n) is 10.6. The van der Waals surface area contributed by atoms with Gasteiger partial charge in [-0.15, -0.1) is 0 Å². The number of hydrogen-bond donors (Lipinski definition) is 1. The van der Waals surface area contributed by atoms with Gasteiger partial charge in [0.25, 0.3) is 0 Å². The predicted octanol–water partition coefficient (Wildman–Crippen LogP) is 2.90. The van der Waals surface area contributed by atoms with Gasteiger partial charge in [0, 0.05) is 11.1 Å². The van der Waals surface area contributed by atoms with Crippen molar-refractivity contribution in [3.8, 4) is 0 Å². The Morgan fingerprint density at radius 3 is 2.00 bits per heavy atom. The molecule has 1 aromatic carbocycles. The van der Waals surface area contributed by atoms with Crippen LogP contribution in [0.2, 0.25) is 0 Å². The number of carbonyl (C=O) groups is 1. The van der Waals surface area contributed by atoms with Gasteiger partial charge >= 0.3 is 0 Å². The van der Waals surface area contributed by atoms with Gasteiger partial charge in [-0.1, -0.05) is 38.1 Å². The molecule has 88 valence electrons. The Kier molecular flexibility index (Phi) is 3.54. The van der Waals surface area contributed by atoms with E-state index in [2.05, 4.69) is 13.8 Å². The van der Waals surface area contributed by atoms with Gasteiger partial charge in [0.05, 0.1) is 0 Å². The second-order valence-corrected chi connectivity index (χ2v) is 5.79. The summed E-state index contributed by atoms with van der Waals surface area (Å²) in [4.78, 5) is 10.6. The van der Waals surface area contributed by atoms with Crippen molar-refractivity contribution < 1.29 is 4.79 Å². The zero-order chi connectivity index (χ0) is 12.4. The van der Waals surface area contributed by atoms with E-state index >= 15 is 0 Å². The Bertz CT molecular complexity index is 357. The molecule has 0 heterocycles. The molecular weight excluding hydrogens is 198 g/mol. The highest BCUT2D eigenvalue weighted by Crippen LogP contribution is 2.31. The summed E-state index contributed by atoms with van der Waals surface area (Å²) in [6.07, 6.45) is 1.77. The maximum atomic E-state index is 10.6. The molecule has 2 nitrogen and oxygen atoms in total. The predicted molar refractivity (Wildman–Crippen MR) is 67.7 cm³/mol. The smallest absolute Gasteiger partial charge is 0.150 e. The van der Waals surface area contributed by atoms with Crippen molar-refractivity contribution in [3.63, 3.8) is 0 Å². The second kappa shape index (κ2) is 4.38. The van der Waals surface area contributed by atoms with Gasteiger partial charge in [-0.2, -0.15) is 0 Å². The first-order chi connectivity index (χ1) is 7.24. The minimum Gasteiger partial charge on any atom is -0.326 e. The van der Waals surface area contributed by atoms with E-state index in [4.69, 9.17) is 5.73 Å². The molecule has 0 unspecified atom stereocenters. The molecule has 1 rings (SSSR count). The monoisotopic (exact) mass is 219 g/mol. The molecular formula is C14H21NO. The maximum Gasteiger partial charge on any atom is 0.150 e. The molecule has 2 N–H and O–H groups in total. The normalized spacial score (nSPS) is 12.6. The van der Waals surface area contributed by atoms with Crippen LogP contribution in [0.25, 0.3) is 0 Å². The SMILES string of the molecule is CC(C)(N)CC(C)(C)c1ccc(C=O)cc1. The number of aldehydes is 1. The Morgan fingerprint density at radius 1 is 1.12 bits per heavy atom. The van der Waals surface area contributed by atoms with Gasteiger partial charge in [0.1, 0.15) is 6.29 Å². The summed E-state index contributed by atoms with van der Waals surface area (Å²) < 4.78 is 0. The summed E-state index contributed by atoms with van der Waals surface area (Å²) in [6, 6.07) is 7.73. The number of rotatable bonds is 4. The zero-order valence-corrected chi connectivity index (χ0v) is 10.6. The van der Waals surface area contributed by atoms with Crippen LogP contribution in [0.5, 0.6) is 0 Å².